The Bertz CT molecular complexity index is 1030. The van der Waals surface area contributed by atoms with Gasteiger partial charge in [-0.2, -0.15) is 10.2 Å². The number of rotatable bonds is 5. The molecule has 3 aromatic rings. The Morgan fingerprint density at radius 3 is 2.81 bits per heavy atom. The maximum Gasteiger partial charge on any atom is 0.289 e. The third-order valence-corrected chi connectivity index (χ3v) is 3.86. The minimum Gasteiger partial charge on any atom is -0.272 e. The Labute approximate surface area is 156 Å². The highest BCUT2D eigenvalue weighted by molar-refractivity contribution is 6.33. The largest absolute Gasteiger partial charge is 0.289 e. The summed E-state index contributed by atoms with van der Waals surface area (Å²) in [6, 6.07) is 11.4. The number of nitrogens with zero attached hydrogens (tertiary/aromatic N) is 3. The highest BCUT2D eigenvalue weighted by Gasteiger charge is 2.13. The van der Waals surface area contributed by atoms with E-state index in [1.165, 1.54) is 42.5 Å². The lowest BCUT2D eigenvalue weighted by atomic mass is 10.1. The van der Waals surface area contributed by atoms with Crippen molar-refractivity contribution in [2.45, 2.75) is 0 Å². The van der Waals surface area contributed by atoms with Crippen LogP contribution >= 0.6 is 11.6 Å². The fourth-order valence-corrected chi connectivity index (χ4v) is 2.43. The standard InChI is InChI=1S/C17H11ClFN5O3/c18-13-5-2-6-14(19)12(13)9-20-23-17(25)16-8-15(21-22-16)10-3-1-4-11(7-10)24(26)27/h1-9H,(H,21,22)(H,23,25)/b20-9+. The third-order valence-electron chi connectivity index (χ3n) is 3.53. The van der Waals surface area contributed by atoms with Gasteiger partial charge in [-0.1, -0.05) is 29.8 Å². The predicted molar refractivity (Wildman–Crippen MR) is 97.1 cm³/mol. The first-order chi connectivity index (χ1) is 13.0. The smallest absolute Gasteiger partial charge is 0.272 e. The zero-order chi connectivity index (χ0) is 19.4. The fraction of sp³-hybridized carbons (Fsp3) is 0. The molecule has 136 valence electrons. The van der Waals surface area contributed by atoms with Gasteiger partial charge in [-0.25, -0.2) is 9.82 Å². The number of carbonyl (C=O) groups excluding carboxylic acids is 1. The summed E-state index contributed by atoms with van der Waals surface area (Å²) in [5, 5.41) is 21.1. The number of benzene rings is 2. The summed E-state index contributed by atoms with van der Waals surface area (Å²) in [7, 11) is 0. The Morgan fingerprint density at radius 2 is 2.07 bits per heavy atom. The molecule has 27 heavy (non-hydrogen) atoms. The van der Waals surface area contributed by atoms with Crippen LogP contribution < -0.4 is 5.43 Å². The summed E-state index contributed by atoms with van der Waals surface area (Å²) in [4.78, 5) is 22.4. The van der Waals surface area contributed by atoms with Gasteiger partial charge in [0.15, 0.2) is 0 Å². The van der Waals surface area contributed by atoms with Crippen molar-refractivity contribution in [3.63, 3.8) is 0 Å². The molecule has 0 unspecified atom stereocenters. The lowest BCUT2D eigenvalue weighted by molar-refractivity contribution is -0.384. The summed E-state index contributed by atoms with van der Waals surface area (Å²) < 4.78 is 13.6. The van der Waals surface area contributed by atoms with Crippen LogP contribution in [0.3, 0.4) is 0 Å². The van der Waals surface area contributed by atoms with E-state index in [1.807, 2.05) is 0 Å². The molecular formula is C17H11ClFN5O3. The van der Waals surface area contributed by atoms with Crippen molar-refractivity contribution in [3.05, 3.63) is 80.7 Å². The Balaban J connectivity index is 1.73. The quantitative estimate of drug-likeness (QED) is 0.396. The first-order valence-corrected chi connectivity index (χ1v) is 7.91. The number of nitro groups is 1. The van der Waals surface area contributed by atoms with E-state index in [0.29, 0.717) is 11.3 Å². The highest BCUT2D eigenvalue weighted by atomic mass is 35.5. The summed E-state index contributed by atoms with van der Waals surface area (Å²) in [5.41, 5.74) is 3.08. The van der Waals surface area contributed by atoms with Crippen LogP contribution in [-0.2, 0) is 0 Å². The number of nitro benzene ring substituents is 1. The molecule has 0 saturated heterocycles. The number of hydrogen-bond donors (Lipinski definition) is 2. The molecule has 0 fully saturated rings. The van der Waals surface area contributed by atoms with Crippen LogP contribution in [0.2, 0.25) is 5.02 Å². The van der Waals surface area contributed by atoms with Crippen LogP contribution in [0.1, 0.15) is 16.1 Å². The van der Waals surface area contributed by atoms with Gasteiger partial charge < -0.3 is 0 Å². The molecule has 2 N–H and O–H groups in total. The van der Waals surface area contributed by atoms with Gasteiger partial charge in [0.1, 0.15) is 11.5 Å². The number of aromatic amines is 1. The molecule has 3 rings (SSSR count). The Kier molecular flexibility index (Phi) is 5.23. The number of aromatic nitrogens is 2. The van der Waals surface area contributed by atoms with E-state index >= 15 is 0 Å². The van der Waals surface area contributed by atoms with E-state index in [1.54, 1.807) is 6.07 Å². The summed E-state index contributed by atoms with van der Waals surface area (Å²) in [6.45, 7) is 0. The second-order valence-corrected chi connectivity index (χ2v) is 5.72. The van der Waals surface area contributed by atoms with Crippen molar-refractivity contribution >= 4 is 29.4 Å². The maximum absolute atomic E-state index is 13.6. The molecule has 0 atom stereocenters. The molecule has 1 aromatic heterocycles. The number of H-pyrrole nitrogens is 1. The van der Waals surface area contributed by atoms with Gasteiger partial charge in [-0.3, -0.25) is 20.0 Å². The number of hydrazone groups is 1. The van der Waals surface area contributed by atoms with E-state index in [9.17, 15) is 19.3 Å². The summed E-state index contributed by atoms with van der Waals surface area (Å²) in [6.07, 6.45) is 1.09. The van der Waals surface area contributed by atoms with E-state index in [0.717, 1.165) is 6.21 Å². The van der Waals surface area contributed by atoms with Crippen LogP contribution in [0.5, 0.6) is 0 Å². The summed E-state index contributed by atoms with van der Waals surface area (Å²) >= 11 is 5.86. The number of nitrogens with one attached hydrogen (secondary N) is 2. The van der Waals surface area contributed by atoms with E-state index in [2.05, 4.69) is 20.7 Å². The predicted octanol–water partition coefficient (Wildman–Crippen LogP) is 3.54. The number of carbonyl (C=O) groups is 1. The van der Waals surface area contributed by atoms with Crippen molar-refractivity contribution in [1.29, 1.82) is 0 Å². The highest BCUT2D eigenvalue weighted by Crippen LogP contribution is 2.22. The molecule has 0 aliphatic rings. The molecule has 1 amide bonds. The fourth-order valence-electron chi connectivity index (χ4n) is 2.21. The molecule has 0 aliphatic carbocycles. The molecule has 0 aliphatic heterocycles. The van der Waals surface area contributed by atoms with Gasteiger partial charge in [0, 0.05) is 23.3 Å². The second kappa shape index (κ2) is 7.75. The molecule has 0 bridgehead atoms. The number of amides is 1. The van der Waals surface area contributed by atoms with Crippen molar-refractivity contribution < 1.29 is 14.1 Å². The minimum absolute atomic E-state index is 0.0429. The lowest BCUT2D eigenvalue weighted by Gasteiger charge is -1.99. The van der Waals surface area contributed by atoms with E-state index in [-0.39, 0.29) is 22.0 Å². The normalized spacial score (nSPS) is 10.9. The van der Waals surface area contributed by atoms with Gasteiger partial charge >= 0.3 is 0 Å². The van der Waals surface area contributed by atoms with E-state index < -0.39 is 16.6 Å². The monoisotopic (exact) mass is 387 g/mol. The molecule has 0 saturated carbocycles. The van der Waals surface area contributed by atoms with Crippen molar-refractivity contribution in [2.24, 2.45) is 5.10 Å². The third kappa shape index (κ3) is 4.15. The Hall–Kier alpha value is -3.59. The molecule has 0 radical (unpaired) electrons. The van der Waals surface area contributed by atoms with Gasteiger partial charge in [0.2, 0.25) is 0 Å². The van der Waals surface area contributed by atoms with Crippen LogP contribution in [0.25, 0.3) is 11.3 Å². The van der Waals surface area contributed by atoms with Gasteiger partial charge in [0.05, 0.1) is 21.9 Å². The molecule has 1 heterocycles. The average molecular weight is 388 g/mol. The Morgan fingerprint density at radius 1 is 1.30 bits per heavy atom. The number of hydrogen-bond acceptors (Lipinski definition) is 5. The topological polar surface area (TPSA) is 113 Å². The van der Waals surface area contributed by atoms with Crippen LogP contribution in [0, 0.1) is 15.9 Å². The molecule has 8 nitrogen and oxygen atoms in total. The maximum atomic E-state index is 13.6. The first kappa shape index (κ1) is 18.2. The van der Waals surface area contributed by atoms with Gasteiger partial charge in [-0.05, 0) is 18.2 Å². The average Bonchev–Trinajstić information content (AvgIpc) is 3.14. The van der Waals surface area contributed by atoms with Crippen molar-refractivity contribution in [2.75, 3.05) is 0 Å². The van der Waals surface area contributed by atoms with E-state index in [4.69, 9.17) is 11.6 Å². The molecule has 10 heteroatoms. The van der Waals surface area contributed by atoms with Crippen molar-refractivity contribution in [1.82, 2.24) is 15.6 Å². The molecular weight excluding hydrogens is 377 g/mol. The van der Waals surface area contributed by atoms with Crippen molar-refractivity contribution in [3.8, 4) is 11.3 Å². The summed E-state index contributed by atoms with van der Waals surface area (Å²) in [5.74, 6) is -1.20. The van der Waals surface area contributed by atoms with Gasteiger partial charge in [0.25, 0.3) is 11.6 Å². The molecule has 2 aromatic carbocycles. The molecule has 0 spiro atoms. The van der Waals surface area contributed by atoms with Crippen LogP contribution in [-0.4, -0.2) is 27.2 Å². The second-order valence-electron chi connectivity index (χ2n) is 5.31. The zero-order valence-electron chi connectivity index (χ0n) is 13.5. The van der Waals surface area contributed by atoms with Crippen LogP contribution in [0.4, 0.5) is 10.1 Å². The SMILES string of the molecule is O=C(N/N=C/c1c(F)cccc1Cl)c1cc(-c2cccc([N+](=O)[O-])c2)n[nH]1. The van der Waals surface area contributed by atoms with Crippen LogP contribution in [0.15, 0.2) is 53.6 Å². The lowest BCUT2D eigenvalue weighted by Crippen LogP contribution is -2.18. The number of non-ortho nitro benzene ring substituents is 1. The van der Waals surface area contributed by atoms with Gasteiger partial charge in [-0.15, -0.1) is 0 Å². The minimum atomic E-state index is -0.622. The number of halogens is 2. The zero-order valence-corrected chi connectivity index (χ0v) is 14.3. The first-order valence-electron chi connectivity index (χ1n) is 7.53.